The molecular formula is C13H11NO4. The number of nitrogens with zero attached hydrogens (tertiary/aromatic N) is 1. The molecule has 1 aromatic carbocycles. The van der Waals surface area contributed by atoms with Crippen LogP contribution in [0.2, 0.25) is 0 Å². The zero-order chi connectivity index (χ0) is 13.3. The number of methoxy groups -OCH3 is 1. The summed E-state index contributed by atoms with van der Waals surface area (Å²) in [5.74, 6) is -0.764. The van der Waals surface area contributed by atoms with Crippen molar-refractivity contribution in [2.24, 2.45) is 0 Å². The Kier molecular flexibility index (Phi) is 2.97. The lowest BCUT2D eigenvalue weighted by atomic mass is 10.1. The van der Waals surface area contributed by atoms with E-state index in [0.717, 1.165) is 0 Å². The highest BCUT2D eigenvalue weighted by Crippen LogP contribution is 2.24. The predicted molar refractivity (Wildman–Crippen MR) is 65.0 cm³/mol. The molecule has 1 heterocycles. The molecule has 0 N–H and O–H groups in total. The summed E-state index contributed by atoms with van der Waals surface area (Å²) in [6.07, 6.45) is 2.04. The highest BCUT2D eigenvalue weighted by atomic mass is 16.5. The van der Waals surface area contributed by atoms with Crippen molar-refractivity contribution < 1.29 is 19.1 Å². The maximum Gasteiger partial charge on any atom is 0.338 e. The molecule has 18 heavy (non-hydrogen) atoms. The van der Waals surface area contributed by atoms with Gasteiger partial charge in [0.05, 0.1) is 18.2 Å². The molecule has 0 bridgehead atoms. The first-order valence-corrected chi connectivity index (χ1v) is 5.28. The van der Waals surface area contributed by atoms with E-state index in [0.29, 0.717) is 22.8 Å². The summed E-state index contributed by atoms with van der Waals surface area (Å²) < 4.78 is 6.00. The molecule has 2 rings (SSSR count). The SMILES string of the molecule is COC(=O)c1cccc2c1c(C=O)cn2C(C)=O. The van der Waals surface area contributed by atoms with Crippen molar-refractivity contribution in [3.63, 3.8) is 0 Å². The first-order valence-electron chi connectivity index (χ1n) is 5.28. The zero-order valence-corrected chi connectivity index (χ0v) is 9.97. The molecule has 5 heteroatoms. The van der Waals surface area contributed by atoms with Gasteiger partial charge in [0.1, 0.15) is 0 Å². The number of aromatic nitrogens is 1. The minimum atomic E-state index is -0.537. The number of carbonyl (C=O) groups excluding carboxylic acids is 3. The summed E-state index contributed by atoms with van der Waals surface area (Å²) in [6, 6.07) is 4.88. The molecule has 0 aliphatic carbocycles. The molecule has 0 spiro atoms. The maximum absolute atomic E-state index is 11.6. The molecule has 0 aliphatic rings. The number of hydrogen-bond acceptors (Lipinski definition) is 4. The third kappa shape index (κ3) is 1.69. The van der Waals surface area contributed by atoms with Crippen LogP contribution in [0.25, 0.3) is 10.9 Å². The largest absolute Gasteiger partial charge is 0.465 e. The molecule has 1 aromatic heterocycles. The Balaban J connectivity index is 2.87. The molecule has 0 saturated carbocycles. The Hall–Kier alpha value is -2.43. The van der Waals surface area contributed by atoms with Crippen LogP contribution in [-0.2, 0) is 4.74 Å². The van der Waals surface area contributed by atoms with E-state index in [1.807, 2.05) is 0 Å². The van der Waals surface area contributed by atoms with Crippen LogP contribution in [0.1, 0.15) is 32.4 Å². The van der Waals surface area contributed by atoms with Gasteiger partial charge in [-0.15, -0.1) is 0 Å². The Labute approximate surface area is 103 Å². The summed E-state index contributed by atoms with van der Waals surface area (Å²) in [6.45, 7) is 1.39. The van der Waals surface area contributed by atoms with Crippen LogP contribution >= 0.6 is 0 Å². The van der Waals surface area contributed by atoms with Gasteiger partial charge >= 0.3 is 5.97 Å². The van der Waals surface area contributed by atoms with Gasteiger partial charge in [0, 0.05) is 24.1 Å². The Bertz CT molecular complexity index is 654. The number of hydrogen-bond donors (Lipinski definition) is 0. The Morgan fingerprint density at radius 1 is 1.33 bits per heavy atom. The van der Waals surface area contributed by atoms with Crippen molar-refractivity contribution in [2.75, 3.05) is 7.11 Å². The van der Waals surface area contributed by atoms with Crippen LogP contribution in [0.5, 0.6) is 0 Å². The number of ether oxygens (including phenoxy) is 1. The van der Waals surface area contributed by atoms with E-state index in [1.54, 1.807) is 18.2 Å². The van der Waals surface area contributed by atoms with Crippen LogP contribution in [-0.4, -0.2) is 29.8 Å². The fourth-order valence-electron chi connectivity index (χ4n) is 1.95. The van der Waals surface area contributed by atoms with Crippen LogP contribution < -0.4 is 0 Å². The molecule has 0 radical (unpaired) electrons. The number of esters is 1. The van der Waals surface area contributed by atoms with Crippen LogP contribution in [0.15, 0.2) is 24.4 Å². The van der Waals surface area contributed by atoms with Gasteiger partial charge in [0.25, 0.3) is 0 Å². The third-order valence-corrected chi connectivity index (χ3v) is 2.73. The first-order chi connectivity index (χ1) is 8.60. The predicted octanol–water partition coefficient (Wildman–Crippen LogP) is 1.90. The van der Waals surface area contributed by atoms with E-state index < -0.39 is 5.97 Å². The number of rotatable bonds is 2. The highest BCUT2D eigenvalue weighted by molar-refractivity contribution is 6.12. The lowest BCUT2D eigenvalue weighted by Gasteiger charge is -2.03. The minimum absolute atomic E-state index is 0.227. The maximum atomic E-state index is 11.6. The van der Waals surface area contributed by atoms with E-state index in [-0.39, 0.29) is 11.5 Å². The normalized spacial score (nSPS) is 10.3. The lowest BCUT2D eigenvalue weighted by molar-refractivity contribution is 0.0602. The van der Waals surface area contributed by atoms with Gasteiger partial charge in [0.2, 0.25) is 5.91 Å². The summed E-state index contributed by atoms with van der Waals surface area (Å²) >= 11 is 0. The smallest absolute Gasteiger partial charge is 0.338 e. The molecule has 0 atom stereocenters. The highest BCUT2D eigenvalue weighted by Gasteiger charge is 2.18. The summed E-state index contributed by atoms with van der Waals surface area (Å²) in [7, 11) is 1.27. The molecule has 0 unspecified atom stereocenters. The summed E-state index contributed by atoms with van der Waals surface area (Å²) in [4.78, 5) is 34.2. The van der Waals surface area contributed by atoms with Gasteiger partial charge in [0.15, 0.2) is 6.29 Å². The van der Waals surface area contributed by atoms with Gasteiger partial charge in [-0.05, 0) is 12.1 Å². The van der Waals surface area contributed by atoms with Gasteiger partial charge in [-0.2, -0.15) is 0 Å². The zero-order valence-electron chi connectivity index (χ0n) is 9.97. The second-order valence-corrected chi connectivity index (χ2v) is 3.78. The fourth-order valence-corrected chi connectivity index (χ4v) is 1.95. The van der Waals surface area contributed by atoms with Gasteiger partial charge in [-0.25, -0.2) is 4.79 Å². The van der Waals surface area contributed by atoms with Crippen molar-refractivity contribution in [3.05, 3.63) is 35.5 Å². The van der Waals surface area contributed by atoms with E-state index >= 15 is 0 Å². The Morgan fingerprint density at radius 3 is 2.61 bits per heavy atom. The number of benzene rings is 1. The van der Waals surface area contributed by atoms with Gasteiger partial charge in [-0.3, -0.25) is 14.2 Å². The number of carbonyl (C=O) groups is 3. The van der Waals surface area contributed by atoms with Crippen LogP contribution in [0.4, 0.5) is 0 Å². The van der Waals surface area contributed by atoms with Crippen molar-refractivity contribution in [2.45, 2.75) is 6.92 Å². The molecule has 0 aliphatic heterocycles. The average Bonchev–Trinajstić information content (AvgIpc) is 2.76. The molecule has 92 valence electrons. The molecular weight excluding hydrogens is 234 g/mol. The van der Waals surface area contributed by atoms with Crippen LogP contribution in [0, 0.1) is 0 Å². The summed E-state index contributed by atoms with van der Waals surface area (Å²) in [5, 5.41) is 0.439. The second kappa shape index (κ2) is 4.44. The quantitative estimate of drug-likeness (QED) is 0.598. The molecule has 0 saturated heterocycles. The monoisotopic (exact) mass is 245 g/mol. The van der Waals surface area contributed by atoms with Crippen LogP contribution in [0.3, 0.4) is 0 Å². The van der Waals surface area contributed by atoms with Crippen molar-refractivity contribution >= 4 is 29.1 Å². The van der Waals surface area contributed by atoms with Gasteiger partial charge in [-0.1, -0.05) is 6.07 Å². The molecule has 0 fully saturated rings. The first kappa shape index (κ1) is 12.0. The standard InChI is InChI=1S/C13H11NO4/c1-8(16)14-6-9(7-15)12-10(13(17)18-2)4-3-5-11(12)14/h3-7H,1-2H3. The lowest BCUT2D eigenvalue weighted by Crippen LogP contribution is -2.04. The van der Waals surface area contributed by atoms with E-state index in [2.05, 4.69) is 4.74 Å². The molecule has 5 nitrogen and oxygen atoms in total. The van der Waals surface area contributed by atoms with Crippen molar-refractivity contribution in [3.8, 4) is 0 Å². The second-order valence-electron chi connectivity index (χ2n) is 3.78. The topological polar surface area (TPSA) is 65.4 Å². The minimum Gasteiger partial charge on any atom is -0.465 e. The number of fused-ring (bicyclic) bond motifs is 1. The number of aldehydes is 1. The third-order valence-electron chi connectivity index (χ3n) is 2.73. The Morgan fingerprint density at radius 2 is 2.06 bits per heavy atom. The molecule has 2 aromatic rings. The van der Waals surface area contributed by atoms with E-state index in [9.17, 15) is 14.4 Å². The molecule has 0 amide bonds. The van der Waals surface area contributed by atoms with Gasteiger partial charge < -0.3 is 4.74 Å². The van der Waals surface area contributed by atoms with E-state index in [4.69, 9.17) is 0 Å². The van der Waals surface area contributed by atoms with E-state index in [1.165, 1.54) is 24.8 Å². The van der Waals surface area contributed by atoms with Crippen molar-refractivity contribution in [1.29, 1.82) is 0 Å². The fraction of sp³-hybridized carbons (Fsp3) is 0.154. The van der Waals surface area contributed by atoms with Crippen molar-refractivity contribution in [1.82, 2.24) is 4.57 Å². The summed E-state index contributed by atoms with van der Waals surface area (Å²) in [5.41, 5.74) is 1.09. The average molecular weight is 245 g/mol.